The van der Waals surface area contributed by atoms with Gasteiger partial charge in [-0.25, -0.2) is 33.4 Å². The molecule has 0 spiro atoms. The monoisotopic (exact) mass is 827 g/mol. The first-order valence-electron chi connectivity index (χ1n) is 16.3. The predicted molar refractivity (Wildman–Crippen MR) is 175 cm³/mol. The van der Waals surface area contributed by atoms with Gasteiger partial charge in [0.15, 0.2) is 36.2 Å². The van der Waals surface area contributed by atoms with Gasteiger partial charge in [-0.05, 0) is 24.8 Å². The second kappa shape index (κ2) is 15.9. The number of carbonyl (C=O) groups is 1. The van der Waals surface area contributed by atoms with Crippen LogP contribution in [-0.4, -0.2) is 115 Å². The third kappa shape index (κ3) is 9.22. The van der Waals surface area contributed by atoms with Crippen LogP contribution in [0.25, 0.3) is 11.2 Å². The SMILES string of the molecule is Nc1ncnc2c1ncn2[C@@H]1O[C@H](COP(=O)(O)OP(=O)(O)OC[C@H]2O[C@@H]([n+]3cc(C(=O)O)cc(C4CCCCC4)c3)[C@H](O)[C@@H]2O)[C@@H](O)[C@H]1OP(=O)(O)O. The maximum Gasteiger partial charge on any atom is 0.481 e. The van der Waals surface area contributed by atoms with E-state index < -0.39 is 91.7 Å². The molecule has 6 rings (SSSR count). The number of phosphoric ester groups is 3. The molecule has 5 heterocycles. The average Bonchev–Trinajstić information content (AvgIpc) is 3.75. The molecule has 3 fully saturated rings. The Balaban J connectivity index is 1.08. The first-order chi connectivity index (χ1) is 25.3. The number of nitrogen functional groups attached to an aromatic ring is 1. The van der Waals surface area contributed by atoms with Gasteiger partial charge in [0.1, 0.15) is 47.9 Å². The molecule has 0 amide bonds. The Kier molecular flexibility index (Phi) is 12.0. The van der Waals surface area contributed by atoms with Crippen molar-refractivity contribution >= 4 is 46.4 Å². The summed E-state index contributed by atoms with van der Waals surface area (Å²) in [4.78, 5) is 63.0. The van der Waals surface area contributed by atoms with Crippen molar-refractivity contribution in [3.63, 3.8) is 0 Å². The lowest BCUT2D eigenvalue weighted by atomic mass is 9.84. The van der Waals surface area contributed by atoms with Crippen molar-refractivity contribution in [2.24, 2.45) is 0 Å². The van der Waals surface area contributed by atoms with Crippen LogP contribution in [-0.2, 0) is 41.1 Å². The summed E-state index contributed by atoms with van der Waals surface area (Å²) in [6.07, 6.45) is -3.75. The maximum absolute atomic E-state index is 12.7. The lowest BCUT2D eigenvalue weighted by Crippen LogP contribution is -2.47. The fraction of sp³-hybridized carbons (Fsp3) is 0.593. The molecule has 0 bridgehead atoms. The van der Waals surface area contributed by atoms with Crippen LogP contribution in [0.5, 0.6) is 0 Å². The molecule has 3 aromatic rings. The van der Waals surface area contributed by atoms with E-state index in [0.717, 1.165) is 49.3 Å². The third-order valence-electron chi connectivity index (χ3n) is 9.11. The number of ether oxygens (including phenoxy) is 2. The number of hydrogen-bond acceptors (Lipinski definition) is 17. The van der Waals surface area contributed by atoms with Crippen molar-refractivity contribution in [1.29, 1.82) is 0 Å². The van der Waals surface area contributed by atoms with Gasteiger partial charge in [-0.3, -0.25) is 18.1 Å². The minimum Gasteiger partial charge on any atom is -0.477 e. The zero-order valence-corrected chi connectivity index (χ0v) is 30.5. The van der Waals surface area contributed by atoms with E-state index in [2.05, 4.69) is 19.3 Å². The number of phosphoric acid groups is 3. The van der Waals surface area contributed by atoms with E-state index in [1.807, 2.05) is 0 Å². The second-order valence-electron chi connectivity index (χ2n) is 12.8. The summed E-state index contributed by atoms with van der Waals surface area (Å²) >= 11 is 0. The number of fused-ring (bicyclic) bond motifs is 1. The van der Waals surface area contributed by atoms with Crippen LogP contribution >= 0.6 is 23.5 Å². The van der Waals surface area contributed by atoms with Crippen LogP contribution in [0.2, 0.25) is 0 Å². The fourth-order valence-electron chi connectivity index (χ4n) is 6.58. The predicted octanol–water partition coefficient (Wildman–Crippen LogP) is -0.252. The molecule has 10 N–H and O–H groups in total. The Morgan fingerprint density at radius 1 is 0.907 bits per heavy atom. The number of imidazole rings is 1. The highest BCUT2D eigenvalue weighted by Gasteiger charge is 2.52. The first kappa shape index (κ1) is 40.8. The highest BCUT2D eigenvalue weighted by molar-refractivity contribution is 7.61. The lowest BCUT2D eigenvalue weighted by molar-refractivity contribution is -0.766. The largest absolute Gasteiger partial charge is 0.481 e. The van der Waals surface area contributed by atoms with Gasteiger partial charge in [0, 0.05) is 5.56 Å². The molecule has 0 radical (unpaired) electrons. The number of nitrogens with zero attached hydrogens (tertiary/aromatic N) is 5. The van der Waals surface area contributed by atoms with Crippen LogP contribution in [0.3, 0.4) is 0 Å². The Hall–Kier alpha value is -2.86. The van der Waals surface area contributed by atoms with Gasteiger partial charge >= 0.3 is 29.4 Å². The molecule has 1 saturated carbocycles. The summed E-state index contributed by atoms with van der Waals surface area (Å²) in [6, 6.07) is 1.53. The van der Waals surface area contributed by atoms with Crippen LogP contribution in [0.15, 0.2) is 31.1 Å². The molecule has 54 heavy (non-hydrogen) atoms. The molecule has 3 aromatic heterocycles. The normalized spacial score (nSPS) is 30.4. The van der Waals surface area contributed by atoms with Crippen LogP contribution in [0.4, 0.5) is 5.82 Å². The van der Waals surface area contributed by atoms with Crippen LogP contribution in [0.1, 0.15) is 66.4 Å². The van der Waals surface area contributed by atoms with E-state index >= 15 is 0 Å². The number of hydrogen-bond donors (Lipinski definition) is 9. The topological polar surface area (TPSA) is 359 Å². The quantitative estimate of drug-likeness (QED) is 0.0747. The molecule has 0 aromatic carbocycles. The summed E-state index contributed by atoms with van der Waals surface area (Å²) in [5.74, 6) is -1.23. The highest BCUT2D eigenvalue weighted by atomic mass is 31.3. The molecule has 10 atom stereocenters. The molecule has 2 saturated heterocycles. The maximum atomic E-state index is 12.7. The molecular formula is C27H38N6O18P3+. The Labute approximate surface area is 304 Å². The van der Waals surface area contributed by atoms with Crippen molar-refractivity contribution in [2.75, 3.05) is 18.9 Å². The molecule has 298 valence electrons. The second-order valence-corrected chi connectivity index (χ2v) is 17.0. The molecule has 3 aliphatic rings. The Morgan fingerprint density at radius 3 is 2.19 bits per heavy atom. The summed E-state index contributed by atoms with van der Waals surface area (Å²) in [7, 11) is -16.4. The highest BCUT2D eigenvalue weighted by Crippen LogP contribution is 2.61. The smallest absolute Gasteiger partial charge is 0.477 e. The fourth-order valence-corrected chi connectivity index (χ4v) is 9.22. The lowest BCUT2D eigenvalue weighted by Gasteiger charge is -2.22. The number of aromatic nitrogens is 5. The van der Waals surface area contributed by atoms with Crippen molar-refractivity contribution in [3.05, 3.63) is 42.2 Å². The average molecular weight is 828 g/mol. The van der Waals surface area contributed by atoms with Crippen molar-refractivity contribution < 1.29 is 90.4 Å². The molecule has 1 aliphatic carbocycles. The molecular weight excluding hydrogens is 789 g/mol. The van der Waals surface area contributed by atoms with Gasteiger partial charge in [0.05, 0.1) is 19.5 Å². The number of nitrogens with two attached hydrogens (primary N) is 1. The molecule has 24 nitrogen and oxygen atoms in total. The number of aliphatic hydroxyl groups excluding tert-OH is 3. The van der Waals surface area contributed by atoms with E-state index in [1.54, 1.807) is 6.20 Å². The number of carboxylic acids is 1. The summed E-state index contributed by atoms with van der Waals surface area (Å²) in [6.45, 7) is -2.05. The van der Waals surface area contributed by atoms with Gasteiger partial charge in [-0.2, -0.15) is 8.88 Å². The number of aliphatic hydroxyl groups is 3. The number of carboxylic acid groups (broad SMARTS) is 1. The standard InChI is InChI=1S/C27H37N6O18P3/c28-23-18-24(30-11-29-23)33(12-31-18)26-22(50-52(39,40)41)20(35)17(49-26)10-47-54(44,45)51-53(42,43)46-9-16-19(34)21(36)25(48-16)32-7-14(6-15(8-32)27(37)38)13-4-2-1-3-5-13/h6-8,11-13,16-17,19-22,25-26,34-36H,1-5,9-10H2,(H6-,28,29,30,37,38,39,40,41,42,43,44,45)/p+1/t16-,17-,19-,20-,21-,22-,25-,26-/m1/s1. The van der Waals surface area contributed by atoms with E-state index in [-0.39, 0.29) is 28.5 Å². The first-order valence-corrected chi connectivity index (χ1v) is 20.8. The van der Waals surface area contributed by atoms with E-state index in [9.17, 15) is 58.5 Å². The third-order valence-corrected chi connectivity index (χ3v) is 12.2. The van der Waals surface area contributed by atoms with Gasteiger partial charge in [0.2, 0.25) is 0 Å². The van der Waals surface area contributed by atoms with Crippen molar-refractivity contribution in [2.45, 2.75) is 87.1 Å². The molecule has 2 aliphatic heterocycles. The van der Waals surface area contributed by atoms with Crippen LogP contribution in [0, 0.1) is 0 Å². The van der Waals surface area contributed by atoms with E-state index in [1.165, 1.54) is 16.8 Å². The summed E-state index contributed by atoms with van der Waals surface area (Å²) in [5, 5.41) is 42.0. The number of pyridine rings is 1. The summed E-state index contributed by atoms with van der Waals surface area (Å²) < 4.78 is 69.4. The van der Waals surface area contributed by atoms with Crippen molar-refractivity contribution in [3.8, 4) is 0 Å². The Morgan fingerprint density at radius 2 is 1.56 bits per heavy atom. The van der Waals surface area contributed by atoms with Gasteiger partial charge in [0.25, 0.3) is 6.23 Å². The van der Waals surface area contributed by atoms with Gasteiger partial charge in [-0.1, -0.05) is 19.3 Å². The summed E-state index contributed by atoms with van der Waals surface area (Å²) in [5.41, 5.74) is 6.44. The number of rotatable bonds is 14. The van der Waals surface area contributed by atoms with Crippen molar-refractivity contribution in [1.82, 2.24) is 19.5 Å². The van der Waals surface area contributed by atoms with Crippen LogP contribution < -0.4 is 10.3 Å². The Bertz CT molecular complexity index is 1990. The van der Waals surface area contributed by atoms with Gasteiger partial charge < -0.3 is 55.2 Å². The van der Waals surface area contributed by atoms with E-state index in [0.29, 0.717) is 5.56 Å². The molecule has 27 heteroatoms. The number of aromatic carboxylic acids is 1. The minimum atomic E-state index is -5.55. The number of anilines is 1. The van der Waals surface area contributed by atoms with Gasteiger partial charge in [-0.15, -0.1) is 0 Å². The zero-order valence-electron chi connectivity index (χ0n) is 27.8. The zero-order chi connectivity index (χ0) is 39.2. The van der Waals surface area contributed by atoms with E-state index in [4.69, 9.17) is 28.8 Å². The molecule has 2 unspecified atom stereocenters. The minimum absolute atomic E-state index is 0.00174.